The smallest absolute Gasteiger partial charge is 0.356 e. The second-order valence-corrected chi connectivity index (χ2v) is 5.92. The van der Waals surface area contributed by atoms with Crippen molar-refractivity contribution in [3.05, 3.63) is 53.5 Å². The number of carboxylic acids is 1. The molecule has 10 nitrogen and oxygen atoms in total. The molecule has 146 valence electrons. The Bertz CT molecular complexity index is 947. The van der Waals surface area contributed by atoms with Gasteiger partial charge in [-0.25, -0.2) is 14.3 Å². The largest absolute Gasteiger partial charge is 0.476 e. The Morgan fingerprint density at radius 2 is 1.96 bits per heavy atom. The molecule has 0 radical (unpaired) electrons. The molecule has 1 aromatic heterocycles. The average Bonchev–Trinajstić information content (AvgIpc) is 3.30. The van der Waals surface area contributed by atoms with Crippen LogP contribution in [0.2, 0.25) is 0 Å². The molecule has 0 saturated carbocycles. The molecule has 28 heavy (non-hydrogen) atoms. The first kappa shape index (κ1) is 19.1. The van der Waals surface area contributed by atoms with E-state index in [-0.39, 0.29) is 36.7 Å². The van der Waals surface area contributed by atoms with E-state index in [0.717, 1.165) is 0 Å². The standard InChI is InChI=1S/C18H18N4O6/c1-28-18(27)13-10-21(8-9-23)16(24)15(13)19-11-2-4-12(5-3-11)22-7-6-14(20-22)17(25)26/h2-7,19,23H,8-10H2,1H3,(H,25,26). The molecule has 3 N–H and O–H groups in total. The molecular weight excluding hydrogens is 368 g/mol. The highest BCUT2D eigenvalue weighted by molar-refractivity contribution is 6.08. The number of esters is 1. The van der Waals surface area contributed by atoms with E-state index >= 15 is 0 Å². The summed E-state index contributed by atoms with van der Waals surface area (Å²) in [7, 11) is 1.23. The van der Waals surface area contributed by atoms with E-state index in [1.54, 1.807) is 24.3 Å². The van der Waals surface area contributed by atoms with Gasteiger partial charge in [0.2, 0.25) is 0 Å². The van der Waals surface area contributed by atoms with E-state index in [1.165, 1.54) is 29.0 Å². The van der Waals surface area contributed by atoms with Crippen LogP contribution in [0, 0.1) is 0 Å². The second-order valence-electron chi connectivity index (χ2n) is 5.92. The first-order valence-electron chi connectivity index (χ1n) is 8.32. The van der Waals surface area contributed by atoms with Crippen LogP contribution in [0.1, 0.15) is 10.5 Å². The van der Waals surface area contributed by atoms with Gasteiger partial charge < -0.3 is 25.2 Å². The summed E-state index contributed by atoms with van der Waals surface area (Å²) in [5.74, 6) is -2.14. The van der Waals surface area contributed by atoms with E-state index in [4.69, 9.17) is 14.9 Å². The van der Waals surface area contributed by atoms with Gasteiger partial charge in [-0.05, 0) is 30.3 Å². The van der Waals surface area contributed by atoms with Crippen LogP contribution in [0.5, 0.6) is 0 Å². The minimum atomic E-state index is -1.12. The Balaban J connectivity index is 1.82. The number of rotatable bonds is 7. The van der Waals surface area contributed by atoms with Gasteiger partial charge in [0.25, 0.3) is 5.91 Å². The SMILES string of the molecule is COC(=O)C1=C(Nc2ccc(-n3ccc(C(=O)O)n3)cc2)C(=O)N(CCO)C1. The predicted molar refractivity (Wildman–Crippen MR) is 96.9 cm³/mol. The van der Waals surface area contributed by atoms with Crippen molar-refractivity contribution in [2.24, 2.45) is 0 Å². The first-order chi connectivity index (χ1) is 13.4. The number of hydrogen-bond donors (Lipinski definition) is 3. The molecule has 0 unspecified atom stereocenters. The Morgan fingerprint density at radius 1 is 1.25 bits per heavy atom. The number of aliphatic hydroxyl groups excluding tert-OH is 1. The summed E-state index contributed by atoms with van der Waals surface area (Å²) in [6.07, 6.45) is 1.52. The highest BCUT2D eigenvalue weighted by atomic mass is 16.5. The molecule has 1 aliphatic heterocycles. The summed E-state index contributed by atoms with van der Waals surface area (Å²) in [5.41, 5.74) is 1.38. The van der Waals surface area contributed by atoms with Gasteiger partial charge in [-0.2, -0.15) is 5.10 Å². The lowest BCUT2D eigenvalue weighted by Gasteiger charge is -2.15. The lowest BCUT2D eigenvalue weighted by molar-refractivity contribution is -0.136. The van der Waals surface area contributed by atoms with Crippen molar-refractivity contribution in [2.45, 2.75) is 0 Å². The molecular formula is C18H18N4O6. The molecule has 0 aliphatic carbocycles. The first-order valence-corrected chi connectivity index (χ1v) is 8.32. The highest BCUT2D eigenvalue weighted by Gasteiger charge is 2.34. The number of carboxylic acid groups (broad SMARTS) is 1. The second kappa shape index (κ2) is 7.92. The van der Waals surface area contributed by atoms with Gasteiger partial charge in [-0.3, -0.25) is 4.79 Å². The summed E-state index contributed by atoms with van der Waals surface area (Å²) >= 11 is 0. The fraction of sp³-hybridized carbons (Fsp3) is 0.222. The van der Waals surface area contributed by atoms with Gasteiger partial charge in [-0.1, -0.05) is 0 Å². The van der Waals surface area contributed by atoms with Gasteiger partial charge in [0.15, 0.2) is 5.69 Å². The molecule has 1 aromatic carbocycles. The minimum Gasteiger partial charge on any atom is -0.476 e. The van der Waals surface area contributed by atoms with E-state index in [2.05, 4.69) is 10.4 Å². The monoisotopic (exact) mass is 386 g/mol. The maximum absolute atomic E-state index is 12.5. The molecule has 0 saturated heterocycles. The number of hydrogen-bond acceptors (Lipinski definition) is 7. The summed E-state index contributed by atoms with van der Waals surface area (Å²) in [5, 5.41) is 24.9. The number of nitrogens with zero attached hydrogens (tertiary/aromatic N) is 3. The van der Waals surface area contributed by atoms with Crippen molar-refractivity contribution < 1.29 is 29.3 Å². The van der Waals surface area contributed by atoms with E-state index in [0.29, 0.717) is 11.4 Å². The van der Waals surface area contributed by atoms with Crippen LogP contribution in [0.25, 0.3) is 5.69 Å². The highest BCUT2D eigenvalue weighted by Crippen LogP contribution is 2.23. The molecule has 3 rings (SSSR count). The summed E-state index contributed by atoms with van der Waals surface area (Å²) in [6, 6.07) is 8.09. The number of carbonyl (C=O) groups excluding carboxylic acids is 2. The van der Waals surface area contributed by atoms with E-state index in [1.807, 2.05) is 0 Å². The molecule has 10 heteroatoms. The Hall–Kier alpha value is -3.66. The molecule has 1 amide bonds. The van der Waals surface area contributed by atoms with Crippen LogP contribution < -0.4 is 5.32 Å². The molecule has 2 heterocycles. The molecule has 2 aromatic rings. The predicted octanol–water partition coefficient (Wildman–Crippen LogP) is 0.244. The van der Waals surface area contributed by atoms with Crippen molar-refractivity contribution >= 4 is 23.5 Å². The average molecular weight is 386 g/mol. The van der Waals surface area contributed by atoms with Crippen LogP contribution >= 0.6 is 0 Å². The quantitative estimate of drug-likeness (QED) is 0.577. The summed E-state index contributed by atoms with van der Waals surface area (Å²) in [4.78, 5) is 36.8. The van der Waals surface area contributed by atoms with Crippen molar-refractivity contribution in [1.29, 1.82) is 0 Å². The van der Waals surface area contributed by atoms with Crippen LogP contribution in [-0.4, -0.2) is 69.5 Å². The molecule has 0 atom stereocenters. The number of β-amino-alcohol motifs (C(OH)–C–C–N with tert-alkyl or cyclic N) is 1. The Morgan fingerprint density at radius 3 is 2.54 bits per heavy atom. The maximum atomic E-state index is 12.5. The summed E-state index contributed by atoms with van der Waals surface area (Å²) < 4.78 is 6.15. The van der Waals surface area contributed by atoms with Crippen molar-refractivity contribution in [2.75, 3.05) is 32.1 Å². The van der Waals surface area contributed by atoms with Gasteiger partial charge in [0.05, 0.1) is 31.5 Å². The number of anilines is 1. The van der Waals surface area contributed by atoms with Gasteiger partial charge >= 0.3 is 11.9 Å². The maximum Gasteiger partial charge on any atom is 0.356 e. The fourth-order valence-corrected chi connectivity index (χ4v) is 2.77. The van der Waals surface area contributed by atoms with Crippen LogP contribution in [0.15, 0.2) is 47.8 Å². The number of aromatic nitrogens is 2. The number of carbonyl (C=O) groups is 3. The molecule has 0 bridgehead atoms. The third-order valence-corrected chi connectivity index (χ3v) is 4.16. The number of benzene rings is 1. The van der Waals surface area contributed by atoms with E-state index in [9.17, 15) is 14.4 Å². The Labute approximate surface area is 159 Å². The van der Waals surface area contributed by atoms with Gasteiger partial charge in [0.1, 0.15) is 5.70 Å². The third-order valence-electron chi connectivity index (χ3n) is 4.16. The normalized spacial score (nSPS) is 13.8. The van der Waals surface area contributed by atoms with Crippen molar-refractivity contribution in [1.82, 2.24) is 14.7 Å². The van der Waals surface area contributed by atoms with Gasteiger partial charge in [0, 0.05) is 18.4 Å². The zero-order valence-corrected chi connectivity index (χ0v) is 15.0. The lowest BCUT2D eigenvalue weighted by atomic mass is 10.2. The zero-order chi connectivity index (χ0) is 20.3. The number of methoxy groups -OCH3 is 1. The topological polar surface area (TPSA) is 134 Å². The van der Waals surface area contributed by atoms with Crippen LogP contribution in [-0.2, 0) is 14.3 Å². The number of aromatic carboxylic acids is 1. The van der Waals surface area contributed by atoms with E-state index < -0.39 is 17.8 Å². The van der Waals surface area contributed by atoms with Crippen molar-refractivity contribution in [3.8, 4) is 5.69 Å². The minimum absolute atomic E-state index is 0.0533. The lowest BCUT2D eigenvalue weighted by Crippen LogP contribution is -2.31. The Kier molecular flexibility index (Phi) is 5.41. The number of amides is 1. The third kappa shape index (κ3) is 3.71. The fourth-order valence-electron chi connectivity index (χ4n) is 2.77. The van der Waals surface area contributed by atoms with Crippen molar-refractivity contribution in [3.63, 3.8) is 0 Å². The van der Waals surface area contributed by atoms with Gasteiger partial charge in [-0.15, -0.1) is 0 Å². The molecule has 0 fully saturated rings. The number of ether oxygens (including phenoxy) is 1. The number of aliphatic hydroxyl groups is 1. The zero-order valence-electron chi connectivity index (χ0n) is 15.0. The summed E-state index contributed by atoms with van der Waals surface area (Å²) in [6.45, 7) is -0.0588. The molecule has 0 spiro atoms. The van der Waals surface area contributed by atoms with Crippen LogP contribution in [0.4, 0.5) is 5.69 Å². The number of nitrogens with one attached hydrogen (secondary N) is 1. The molecule has 1 aliphatic rings. The van der Waals surface area contributed by atoms with Crippen LogP contribution in [0.3, 0.4) is 0 Å².